The second-order valence-corrected chi connectivity index (χ2v) is 5.28. The Hall–Kier alpha value is -1.26. The number of aliphatic carboxylic acids is 1. The summed E-state index contributed by atoms with van der Waals surface area (Å²) in [4.78, 5) is 24.2. The minimum atomic E-state index is -0.754. The van der Waals surface area contributed by atoms with Crippen molar-refractivity contribution in [1.29, 1.82) is 0 Å². The molecule has 2 amide bonds. The Labute approximate surface area is 95.8 Å². The Kier molecular flexibility index (Phi) is 3.78. The molecule has 16 heavy (non-hydrogen) atoms. The first-order chi connectivity index (χ1) is 7.29. The van der Waals surface area contributed by atoms with E-state index in [1.807, 2.05) is 20.8 Å². The normalized spacial score (nSPS) is 18.3. The topological polar surface area (TPSA) is 69.6 Å². The molecule has 2 N–H and O–H groups in total. The van der Waals surface area contributed by atoms with E-state index in [4.69, 9.17) is 5.11 Å². The molecule has 1 heterocycles. The summed E-state index contributed by atoms with van der Waals surface area (Å²) < 4.78 is 0. The number of piperidine rings is 1. The zero-order chi connectivity index (χ0) is 12.3. The Morgan fingerprint density at radius 1 is 1.25 bits per heavy atom. The summed E-state index contributed by atoms with van der Waals surface area (Å²) in [6.07, 6.45) is 1.10. The van der Waals surface area contributed by atoms with Crippen LogP contribution in [0.5, 0.6) is 0 Å². The average molecular weight is 228 g/mol. The summed E-state index contributed by atoms with van der Waals surface area (Å²) in [5.41, 5.74) is -0.249. The molecule has 0 atom stereocenters. The van der Waals surface area contributed by atoms with E-state index in [-0.39, 0.29) is 17.5 Å². The molecule has 5 heteroatoms. The van der Waals surface area contributed by atoms with E-state index in [2.05, 4.69) is 5.32 Å². The highest BCUT2D eigenvalue weighted by Crippen LogP contribution is 2.17. The number of nitrogens with zero attached hydrogens (tertiary/aromatic N) is 1. The molecule has 1 aliphatic rings. The predicted octanol–water partition coefficient (Wildman–Crippen LogP) is 1.29. The highest BCUT2D eigenvalue weighted by atomic mass is 16.4. The van der Waals surface area contributed by atoms with Crippen LogP contribution in [-0.4, -0.2) is 40.6 Å². The summed E-state index contributed by atoms with van der Waals surface area (Å²) in [6, 6.07) is -0.101. The molecule has 0 unspecified atom stereocenters. The number of hydrogen-bond acceptors (Lipinski definition) is 2. The lowest BCUT2D eigenvalue weighted by atomic mass is 9.97. The van der Waals surface area contributed by atoms with E-state index in [0.717, 1.165) is 0 Å². The van der Waals surface area contributed by atoms with Crippen LogP contribution >= 0.6 is 0 Å². The first-order valence-electron chi connectivity index (χ1n) is 5.59. The van der Waals surface area contributed by atoms with E-state index in [1.54, 1.807) is 4.90 Å². The maximum Gasteiger partial charge on any atom is 0.317 e. The fourth-order valence-corrected chi connectivity index (χ4v) is 1.73. The molecule has 5 nitrogen and oxygen atoms in total. The molecular weight excluding hydrogens is 208 g/mol. The predicted molar refractivity (Wildman–Crippen MR) is 60.2 cm³/mol. The average Bonchev–Trinajstić information content (AvgIpc) is 2.15. The van der Waals surface area contributed by atoms with E-state index in [1.165, 1.54) is 0 Å². The van der Waals surface area contributed by atoms with E-state index in [9.17, 15) is 9.59 Å². The molecule has 0 aromatic rings. The minimum absolute atomic E-state index is 0.101. The molecule has 92 valence electrons. The number of carbonyl (C=O) groups is 2. The zero-order valence-corrected chi connectivity index (χ0v) is 10.1. The highest BCUT2D eigenvalue weighted by molar-refractivity contribution is 5.76. The number of hydrogen-bond donors (Lipinski definition) is 2. The van der Waals surface area contributed by atoms with E-state index < -0.39 is 5.97 Å². The van der Waals surface area contributed by atoms with Crippen molar-refractivity contribution < 1.29 is 14.7 Å². The van der Waals surface area contributed by atoms with Crippen LogP contribution in [0.3, 0.4) is 0 Å². The highest BCUT2D eigenvalue weighted by Gasteiger charge is 2.28. The third kappa shape index (κ3) is 3.72. The fourth-order valence-electron chi connectivity index (χ4n) is 1.73. The van der Waals surface area contributed by atoms with Crippen LogP contribution in [0, 0.1) is 5.92 Å². The van der Waals surface area contributed by atoms with Gasteiger partial charge in [0.2, 0.25) is 0 Å². The summed E-state index contributed by atoms with van der Waals surface area (Å²) in [5, 5.41) is 11.7. The molecule has 0 aromatic heterocycles. The van der Waals surface area contributed by atoms with Gasteiger partial charge in [0, 0.05) is 18.6 Å². The van der Waals surface area contributed by atoms with Gasteiger partial charge in [0.25, 0.3) is 0 Å². The van der Waals surface area contributed by atoms with Gasteiger partial charge in [-0.1, -0.05) is 0 Å². The van der Waals surface area contributed by atoms with Gasteiger partial charge in [0.1, 0.15) is 0 Å². The number of rotatable bonds is 1. The third-order valence-corrected chi connectivity index (χ3v) is 2.61. The van der Waals surface area contributed by atoms with Crippen LogP contribution in [0.15, 0.2) is 0 Å². The summed E-state index contributed by atoms with van der Waals surface area (Å²) >= 11 is 0. The zero-order valence-electron chi connectivity index (χ0n) is 10.1. The monoisotopic (exact) mass is 228 g/mol. The maximum absolute atomic E-state index is 11.8. The van der Waals surface area contributed by atoms with Gasteiger partial charge in [-0.2, -0.15) is 0 Å². The van der Waals surface area contributed by atoms with Crippen molar-refractivity contribution in [2.75, 3.05) is 13.1 Å². The molecule has 0 aromatic carbocycles. The molecular formula is C11H20N2O3. The van der Waals surface area contributed by atoms with Crippen LogP contribution in [0.25, 0.3) is 0 Å². The van der Waals surface area contributed by atoms with Gasteiger partial charge in [-0.15, -0.1) is 0 Å². The minimum Gasteiger partial charge on any atom is -0.481 e. The Morgan fingerprint density at radius 3 is 2.12 bits per heavy atom. The number of amides is 2. The van der Waals surface area contributed by atoms with Crippen molar-refractivity contribution in [2.45, 2.75) is 39.2 Å². The van der Waals surface area contributed by atoms with Crippen molar-refractivity contribution in [1.82, 2.24) is 10.2 Å². The fraction of sp³-hybridized carbons (Fsp3) is 0.818. The molecule has 1 saturated heterocycles. The second kappa shape index (κ2) is 4.72. The van der Waals surface area contributed by atoms with Gasteiger partial charge in [-0.3, -0.25) is 4.79 Å². The quantitative estimate of drug-likeness (QED) is 0.710. The van der Waals surface area contributed by atoms with Gasteiger partial charge in [-0.05, 0) is 33.6 Å². The van der Waals surface area contributed by atoms with Crippen LogP contribution < -0.4 is 5.32 Å². The first kappa shape index (κ1) is 12.8. The van der Waals surface area contributed by atoms with Gasteiger partial charge in [0.15, 0.2) is 0 Å². The molecule has 0 radical (unpaired) electrons. The van der Waals surface area contributed by atoms with Crippen LogP contribution in [-0.2, 0) is 4.79 Å². The number of nitrogens with one attached hydrogen (secondary N) is 1. The van der Waals surface area contributed by atoms with Crippen LogP contribution in [0.2, 0.25) is 0 Å². The maximum atomic E-state index is 11.8. The number of urea groups is 1. The lowest BCUT2D eigenvalue weighted by Crippen LogP contribution is -2.51. The van der Waals surface area contributed by atoms with E-state index in [0.29, 0.717) is 25.9 Å². The second-order valence-electron chi connectivity index (χ2n) is 5.28. The Balaban J connectivity index is 2.42. The van der Waals surface area contributed by atoms with Gasteiger partial charge < -0.3 is 15.3 Å². The van der Waals surface area contributed by atoms with Crippen molar-refractivity contribution in [3.8, 4) is 0 Å². The molecule has 0 aliphatic carbocycles. The van der Waals surface area contributed by atoms with Crippen molar-refractivity contribution in [3.63, 3.8) is 0 Å². The number of carbonyl (C=O) groups excluding carboxylic acids is 1. The smallest absolute Gasteiger partial charge is 0.317 e. The Morgan fingerprint density at radius 2 is 1.75 bits per heavy atom. The Bertz CT molecular complexity index is 275. The van der Waals surface area contributed by atoms with Gasteiger partial charge in [0.05, 0.1) is 5.92 Å². The molecule has 0 bridgehead atoms. The first-order valence-corrected chi connectivity index (χ1v) is 5.59. The number of carboxylic acid groups (broad SMARTS) is 1. The van der Waals surface area contributed by atoms with Gasteiger partial charge >= 0.3 is 12.0 Å². The van der Waals surface area contributed by atoms with Gasteiger partial charge in [-0.25, -0.2) is 4.79 Å². The third-order valence-electron chi connectivity index (χ3n) is 2.61. The van der Waals surface area contributed by atoms with Crippen molar-refractivity contribution >= 4 is 12.0 Å². The number of carboxylic acids is 1. The van der Waals surface area contributed by atoms with Crippen molar-refractivity contribution in [2.24, 2.45) is 5.92 Å². The number of likely N-dealkylation sites (tertiary alicyclic amines) is 1. The summed E-state index contributed by atoms with van der Waals surface area (Å²) in [7, 11) is 0. The van der Waals surface area contributed by atoms with Crippen molar-refractivity contribution in [3.05, 3.63) is 0 Å². The lowest BCUT2D eigenvalue weighted by Gasteiger charge is -2.33. The lowest BCUT2D eigenvalue weighted by molar-refractivity contribution is -0.143. The molecule has 1 rings (SSSR count). The SMILES string of the molecule is CC(C)(C)NC(=O)N1CCC(C(=O)O)CC1. The molecule has 1 fully saturated rings. The largest absolute Gasteiger partial charge is 0.481 e. The molecule has 1 aliphatic heterocycles. The van der Waals surface area contributed by atoms with Crippen LogP contribution in [0.1, 0.15) is 33.6 Å². The molecule has 0 saturated carbocycles. The summed E-state index contributed by atoms with van der Waals surface area (Å²) in [6.45, 7) is 6.83. The standard InChI is InChI=1S/C11H20N2O3/c1-11(2,3)12-10(16)13-6-4-8(5-7-13)9(14)15/h8H,4-7H2,1-3H3,(H,12,16)(H,14,15). The van der Waals surface area contributed by atoms with E-state index >= 15 is 0 Å². The summed E-state index contributed by atoms with van der Waals surface area (Å²) in [5.74, 6) is -1.05. The molecule has 0 spiro atoms. The van der Waals surface area contributed by atoms with Crippen LogP contribution in [0.4, 0.5) is 4.79 Å².